The Morgan fingerprint density at radius 2 is 1.85 bits per heavy atom. The summed E-state index contributed by atoms with van der Waals surface area (Å²) in [5.41, 5.74) is 1.29. The lowest BCUT2D eigenvalue weighted by molar-refractivity contribution is 0.762. The van der Waals surface area contributed by atoms with Crippen LogP contribution < -0.4 is 0 Å². The van der Waals surface area contributed by atoms with Gasteiger partial charge in [-0.2, -0.15) is 0 Å². The van der Waals surface area contributed by atoms with Gasteiger partial charge in [0.2, 0.25) is 0 Å². The summed E-state index contributed by atoms with van der Waals surface area (Å²) in [6.45, 7) is 3.82. The molecule has 0 aliphatic heterocycles. The highest BCUT2D eigenvalue weighted by Crippen LogP contribution is 2.04. The number of hydrogen-bond acceptors (Lipinski definition) is 0. The molecule has 0 bridgehead atoms. The predicted molar refractivity (Wildman–Crippen MR) is 59.3 cm³/mol. The first-order chi connectivity index (χ1) is 6.43. The van der Waals surface area contributed by atoms with Crippen molar-refractivity contribution in [2.24, 2.45) is 0 Å². The maximum absolute atomic E-state index is 3.82. The van der Waals surface area contributed by atoms with E-state index >= 15 is 0 Å². The van der Waals surface area contributed by atoms with Gasteiger partial charge in [-0.25, -0.2) is 0 Å². The Labute approximate surface area is 81.3 Å². The SMILES string of the molecule is [CH2]CCCCC=Cc1ccccc1. The summed E-state index contributed by atoms with van der Waals surface area (Å²) in [6, 6.07) is 10.4. The fourth-order valence-corrected chi connectivity index (χ4v) is 1.22. The molecule has 0 nitrogen and oxygen atoms in total. The molecule has 69 valence electrons. The minimum Gasteiger partial charge on any atom is -0.0839 e. The molecule has 0 aliphatic carbocycles. The highest BCUT2D eigenvalue weighted by Gasteiger charge is 1.83. The van der Waals surface area contributed by atoms with E-state index in [4.69, 9.17) is 0 Å². The van der Waals surface area contributed by atoms with Gasteiger partial charge in [-0.3, -0.25) is 0 Å². The molecule has 1 aromatic rings. The zero-order valence-corrected chi connectivity index (χ0v) is 8.08. The highest BCUT2D eigenvalue weighted by atomic mass is 13.9. The summed E-state index contributed by atoms with van der Waals surface area (Å²) in [5.74, 6) is 0. The normalized spacial score (nSPS) is 10.8. The monoisotopic (exact) mass is 173 g/mol. The van der Waals surface area contributed by atoms with Gasteiger partial charge in [0.25, 0.3) is 0 Å². The van der Waals surface area contributed by atoms with Gasteiger partial charge in [0, 0.05) is 0 Å². The topological polar surface area (TPSA) is 0 Å². The quantitative estimate of drug-likeness (QED) is 0.588. The second-order valence-corrected chi connectivity index (χ2v) is 3.16. The van der Waals surface area contributed by atoms with Crippen LogP contribution in [0.4, 0.5) is 0 Å². The van der Waals surface area contributed by atoms with Crippen LogP contribution in [0, 0.1) is 6.92 Å². The first kappa shape index (κ1) is 10.0. The van der Waals surface area contributed by atoms with Crippen molar-refractivity contribution in [3.05, 3.63) is 48.9 Å². The molecular weight excluding hydrogens is 156 g/mol. The molecule has 0 unspecified atom stereocenters. The average molecular weight is 173 g/mol. The zero-order valence-electron chi connectivity index (χ0n) is 8.08. The van der Waals surface area contributed by atoms with Crippen LogP contribution in [0.25, 0.3) is 6.08 Å². The van der Waals surface area contributed by atoms with Gasteiger partial charge >= 0.3 is 0 Å². The summed E-state index contributed by atoms with van der Waals surface area (Å²) in [5, 5.41) is 0. The Balaban J connectivity index is 2.25. The van der Waals surface area contributed by atoms with E-state index < -0.39 is 0 Å². The summed E-state index contributed by atoms with van der Waals surface area (Å²) in [6.07, 6.45) is 9.14. The first-order valence-corrected chi connectivity index (χ1v) is 4.94. The summed E-state index contributed by atoms with van der Waals surface area (Å²) in [4.78, 5) is 0. The molecule has 0 spiro atoms. The van der Waals surface area contributed by atoms with Gasteiger partial charge in [-0.1, -0.05) is 62.2 Å². The maximum atomic E-state index is 3.82. The molecule has 0 saturated carbocycles. The third-order valence-corrected chi connectivity index (χ3v) is 1.98. The summed E-state index contributed by atoms with van der Waals surface area (Å²) in [7, 11) is 0. The molecule has 0 aromatic heterocycles. The lowest BCUT2D eigenvalue weighted by Crippen LogP contribution is -1.72. The Kier molecular flexibility index (Phi) is 5.00. The van der Waals surface area contributed by atoms with E-state index in [0.717, 1.165) is 6.42 Å². The van der Waals surface area contributed by atoms with Crippen LogP contribution in [0.3, 0.4) is 0 Å². The molecule has 13 heavy (non-hydrogen) atoms. The van der Waals surface area contributed by atoms with Crippen molar-refractivity contribution >= 4 is 6.08 Å². The second-order valence-electron chi connectivity index (χ2n) is 3.16. The van der Waals surface area contributed by atoms with Gasteiger partial charge in [0.05, 0.1) is 0 Å². The third-order valence-electron chi connectivity index (χ3n) is 1.98. The standard InChI is InChI=1S/C13H17/c1-2-3-4-5-7-10-13-11-8-6-9-12-13/h6-12H,1-5H2. The Bertz CT molecular complexity index is 233. The van der Waals surface area contributed by atoms with Crippen molar-refractivity contribution in [3.63, 3.8) is 0 Å². The fraction of sp³-hybridized carbons (Fsp3) is 0.308. The van der Waals surface area contributed by atoms with Crippen molar-refractivity contribution < 1.29 is 0 Å². The molecule has 1 aromatic carbocycles. The molecular formula is C13H17. The van der Waals surface area contributed by atoms with Crippen molar-refractivity contribution in [1.29, 1.82) is 0 Å². The van der Waals surface area contributed by atoms with Gasteiger partial charge in [0.15, 0.2) is 0 Å². The predicted octanol–water partition coefficient (Wildman–Crippen LogP) is 4.09. The fourth-order valence-electron chi connectivity index (χ4n) is 1.22. The van der Waals surface area contributed by atoms with E-state index in [2.05, 4.69) is 43.3 Å². The molecule has 1 radical (unpaired) electrons. The largest absolute Gasteiger partial charge is 0.0839 e. The number of rotatable bonds is 5. The minimum absolute atomic E-state index is 1.05. The molecule has 0 N–H and O–H groups in total. The molecule has 0 aliphatic rings. The van der Waals surface area contributed by atoms with Crippen molar-refractivity contribution in [2.45, 2.75) is 25.7 Å². The van der Waals surface area contributed by atoms with Crippen molar-refractivity contribution in [1.82, 2.24) is 0 Å². The van der Waals surface area contributed by atoms with Gasteiger partial charge in [-0.05, 0) is 18.4 Å². The van der Waals surface area contributed by atoms with Gasteiger partial charge < -0.3 is 0 Å². The number of allylic oxidation sites excluding steroid dienone is 1. The molecule has 0 heteroatoms. The van der Waals surface area contributed by atoms with E-state index in [-0.39, 0.29) is 0 Å². The highest BCUT2D eigenvalue weighted by molar-refractivity contribution is 5.48. The smallest absolute Gasteiger partial charge is 0.0260 e. The second kappa shape index (κ2) is 6.47. The Morgan fingerprint density at radius 3 is 2.54 bits per heavy atom. The lowest BCUT2D eigenvalue weighted by atomic mass is 10.1. The van der Waals surface area contributed by atoms with Crippen LogP contribution in [0.2, 0.25) is 0 Å². The van der Waals surface area contributed by atoms with E-state index in [1.807, 2.05) is 6.07 Å². The maximum Gasteiger partial charge on any atom is -0.0260 e. The third kappa shape index (κ3) is 4.51. The molecule has 0 heterocycles. The van der Waals surface area contributed by atoms with Crippen LogP contribution in [-0.2, 0) is 0 Å². The summed E-state index contributed by atoms with van der Waals surface area (Å²) >= 11 is 0. The van der Waals surface area contributed by atoms with E-state index in [1.54, 1.807) is 0 Å². The summed E-state index contributed by atoms with van der Waals surface area (Å²) < 4.78 is 0. The molecule has 0 amide bonds. The number of benzene rings is 1. The van der Waals surface area contributed by atoms with Gasteiger partial charge in [0.1, 0.15) is 0 Å². The molecule has 0 atom stereocenters. The average Bonchev–Trinajstić information content (AvgIpc) is 2.19. The molecule has 1 rings (SSSR count). The Morgan fingerprint density at radius 1 is 1.08 bits per heavy atom. The zero-order chi connectivity index (χ0) is 9.36. The van der Waals surface area contributed by atoms with Crippen LogP contribution in [-0.4, -0.2) is 0 Å². The number of hydrogen-bond donors (Lipinski definition) is 0. The minimum atomic E-state index is 1.05. The van der Waals surface area contributed by atoms with Crippen LogP contribution in [0.1, 0.15) is 31.2 Å². The lowest BCUT2D eigenvalue weighted by Gasteiger charge is -1.92. The van der Waals surface area contributed by atoms with Crippen LogP contribution in [0.5, 0.6) is 0 Å². The number of unbranched alkanes of at least 4 members (excludes halogenated alkanes) is 3. The first-order valence-electron chi connectivity index (χ1n) is 4.94. The van der Waals surface area contributed by atoms with E-state index in [1.165, 1.54) is 24.8 Å². The molecule has 0 fully saturated rings. The molecule has 0 saturated heterocycles. The Hall–Kier alpha value is -1.04. The van der Waals surface area contributed by atoms with E-state index in [9.17, 15) is 0 Å². The van der Waals surface area contributed by atoms with Crippen LogP contribution in [0.15, 0.2) is 36.4 Å². The van der Waals surface area contributed by atoms with E-state index in [0.29, 0.717) is 0 Å². The van der Waals surface area contributed by atoms with Crippen LogP contribution >= 0.6 is 0 Å². The van der Waals surface area contributed by atoms with Gasteiger partial charge in [-0.15, -0.1) is 0 Å². The van der Waals surface area contributed by atoms with Crippen molar-refractivity contribution in [3.8, 4) is 0 Å². The van der Waals surface area contributed by atoms with Crippen molar-refractivity contribution in [2.75, 3.05) is 0 Å².